The van der Waals surface area contributed by atoms with E-state index in [-0.39, 0.29) is 5.91 Å². The average molecular weight is 399 g/mol. The highest BCUT2D eigenvalue weighted by atomic mass is 16.5. The summed E-state index contributed by atoms with van der Waals surface area (Å²) in [5, 5.41) is 0. The van der Waals surface area contributed by atoms with Crippen LogP contribution in [0, 0.1) is 12.3 Å². The monoisotopic (exact) mass is 398 g/mol. The van der Waals surface area contributed by atoms with Crippen LogP contribution in [0.2, 0.25) is 0 Å². The van der Waals surface area contributed by atoms with Crippen LogP contribution in [0.3, 0.4) is 0 Å². The largest absolute Gasteiger partial charge is 0.497 e. The molecule has 0 spiro atoms. The number of methoxy groups -OCH3 is 1. The number of aliphatic imine (C=N–C) groups is 1. The fraction of sp³-hybridized carbons (Fsp3) is 0.231. The summed E-state index contributed by atoms with van der Waals surface area (Å²) < 4.78 is 5.25. The van der Waals surface area contributed by atoms with Gasteiger partial charge in [-0.3, -0.25) is 9.79 Å². The average Bonchev–Trinajstić information content (AvgIpc) is 3.09. The minimum atomic E-state index is -0.706. The van der Waals surface area contributed by atoms with Crippen molar-refractivity contribution in [3.05, 3.63) is 90.0 Å². The van der Waals surface area contributed by atoms with E-state index in [9.17, 15) is 4.79 Å². The number of anilines is 1. The second-order valence-corrected chi connectivity index (χ2v) is 7.85. The van der Waals surface area contributed by atoms with E-state index in [2.05, 4.69) is 19.1 Å². The first-order chi connectivity index (χ1) is 14.5. The summed E-state index contributed by atoms with van der Waals surface area (Å²) in [6.45, 7) is 4.74. The molecule has 1 aliphatic rings. The second-order valence-electron chi connectivity index (χ2n) is 7.85. The summed E-state index contributed by atoms with van der Waals surface area (Å²) in [5.74, 6) is 0.852. The zero-order valence-electron chi connectivity index (χ0n) is 17.6. The molecule has 30 heavy (non-hydrogen) atoms. The fourth-order valence-electron chi connectivity index (χ4n) is 4.02. The molecular formula is C26H26N2O2. The molecule has 1 aliphatic heterocycles. The van der Waals surface area contributed by atoms with Gasteiger partial charge in [0.15, 0.2) is 0 Å². The lowest BCUT2D eigenvalue weighted by molar-refractivity contribution is -0.121. The Morgan fingerprint density at radius 3 is 2.30 bits per heavy atom. The molecule has 4 heteroatoms. The summed E-state index contributed by atoms with van der Waals surface area (Å²) in [6, 6.07) is 25.7. The van der Waals surface area contributed by atoms with Crippen molar-refractivity contribution in [1.29, 1.82) is 0 Å². The third-order valence-electron chi connectivity index (χ3n) is 5.86. The highest BCUT2D eigenvalue weighted by molar-refractivity contribution is 6.22. The Bertz CT molecular complexity index is 1070. The summed E-state index contributed by atoms with van der Waals surface area (Å²) in [4.78, 5) is 20.6. The molecule has 1 heterocycles. The molecule has 1 saturated heterocycles. The van der Waals surface area contributed by atoms with Gasteiger partial charge in [0.05, 0.1) is 23.9 Å². The third kappa shape index (κ3) is 3.61. The molecule has 0 radical (unpaired) electrons. The number of benzene rings is 3. The number of aryl methyl sites for hydroxylation is 1. The standard InChI is InChI=1S/C26H26N2O2/c1-19-9-7-8-12-23(19)24(27-20-10-5-4-6-11-20)26(2)17-18-28(25(26)29)21-13-15-22(30-3)16-14-21/h4-16H,17-18H2,1-3H3/t26-/m0/s1. The lowest BCUT2D eigenvalue weighted by atomic mass is 9.78. The van der Waals surface area contributed by atoms with Gasteiger partial charge in [0.25, 0.3) is 0 Å². The van der Waals surface area contributed by atoms with Crippen molar-refractivity contribution in [1.82, 2.24) is 0 Å². The van der Waals surface area contributed by atoms with E-state index in [1.54, 1.807) is 7.11 Å². The second kappa shape index (κ2) is 8.15. The molecule has 3 aromatic rings. The van der Waals surface area contributed by atoms with E-state index in [1.165, 1.54) is 0 Å². The zero-order chi connectivity index (χ0) is 21.1. The fourth-order valence-corrected chi connectivity index (χ4v) is 4.02. The van der Waals surface area contributed by atoms with Crippen molar-refractivity contribution in [2.75, 3.05) is 18.6 Å². The molecule has 1 amide bonds. The molecule has 3 aromatic carbocycles. The number of amides is 1. The lowest BCUT2D eigenvalue weighted by Crippen LogP contribution is -2.39. The number of para-hydroxylation sites is 1. The summed E-state index contributed by atoms with van der Waals surface area (Å²) in [6.07, 6.45) is 0.706. The molecule has 4 rings (SSSR count). The van der Waals surface area contributed by atoms with Crippen molar-refractivity contribution in [3.8, 4) is 5.75 Å². The predicted octanol–water partition coefficient (Wildman–Crippen LogP) is 5.57. The van der Waals surface area contributed by atoms with Crippen LogP contribution in [0.1, 0.15) is 24.5 Å². The predicted molar refractivity (Wildman–Crippen MR) is 122 cm³/mol. The third-order valence-corrected chi connectivity index (χ3v) is 5.86. The number of carbonyl (C=O) groups excluding carboxylic acids is 1. The molecule has 0 aliphatic carbocycles. The van der Waals surface area contributed by atoms with Crippen LogP contribution >= 0.6 is 0 Å². The van der Waals surface area contributed by atoms with Gasteiger partial charge in [0.2, 0.25) is 5.91 Å². The van der Waals surface area contributed by atoms with Crippen molar-refractivity contribution < 1.29 is 9.53 Å². The van der Waals surface area contributed by atoms with E-state index < -0.39 is 5.41 Å². The molecule has 1 atom stereocenters. The molecule has 1 fully saturated rings. The van der Waals surface area contributed by atoms with E-state index in [0.717, 1.165) is 34.0 Å². The highest BCUT2D eigenvalue weighted by Gasteiger charge is 2.47. The van der Waals surface area contributed by atoms with E-state index in [1.807, 2.05) is 78.6 Å². The lowest BCUT2D eigenvalue weighted by Gasteiger charge is -2.27. The van der Waals surface area contributed by atoms with Crippen molar-refractivity contribution in [2.45, 2.75) is 20.3 Å². The number of hydrogen-bond acceptors (Lipinski definition) is 3. The van der Waals surface area contributed by atoms with Gasteiger partial charge in [0, 0.05) is 12.2 Å². The smallest absolute Gasteiger partial charge is 0.239 e. The molecule has 152 valence electrons. The molecular weight excluding hydrogens is 372 g/mol. The molecule has 0 unspecified atom stereocenters. The first-order valence-corrected chi connectivity index (χ1v) is 10.2. The minimum absolute atomic E-state index is 0.0746. The van der Waals surface area contributed by atoms with Gasteiger partial charge in [-0.05, 0) is 67.8 Å². The van der Waals surface area contributed by atoms with Gasteiger partial charge in [-0.1, -0.05) is 42.5 Å². The zero-order valence-corrected chi connectivity index (χ0v) is 17.6. The van der Waals surface area contributed by atoms with Crippen molar-refractivity contribution in [3.63, 3.8) is 0 Å². The normalized spacial score (nSPS) is 19.2. The maximum absolute atomic E-state index is 13.7. The van der Waals surface area contributed by atoms with Gasteiger partial charge in [-0.15, -0.1) is 0 Å². The van der Waals surface area contributed by atoms with Crippen LogP contribution in [0.15, 0.2) is 83.9 Å². The van der Waals surface area contributed by atoms with Crippen LogP contribution in [0.4, 0.5) is 11.4 Å². The number of carbonyl (C=O) groups is 1. The molecule has 0 saturated carbocycles. The van der Waals surface area contributed by atoms with E-state index in [4.69, 9.17) is 9.73 Å². The topological polar surface area (TPSA) is 41.9 Å². The van der Waals surface area contributed by atoms with Crippen LogP contribution in [0.25, 0.3) is 0 Å². The maximum atomic E-state index is 13.7. The first-order valence-electron chi connectivity index (χ1n) is 10.2. The van der Waals surface area contributed by atoms with Crippen LogP contribution in [0.5, 0.6) is 5.75 Å². The Kier molecular flexibility index (Phi) is 5.40. The van der Waals surface area contributed by atoms with Gasteiger partial charge < -0.3 is 9.64 Å². The quantitative estimate of drug-likeness (QED) is 0.528. The summed E-state index contributed by atoms with van der Waals surface area (Å²) in [7, 11) is 1.64. The molecule has 0 aromatic heterocycles. The maximum Gasteiger partial charge on any atom is 0.239 e. The van der Waals surface area contributed by atoms with Crippen molar-refractivity contribution in [2.24, 2.45) is 10.4 Å². The Labute approximate surface area is 177 Å². The van der Waals surface area contributed by atoms with Gasteiger partial charge in [-0.2, -0.15) is 0 Å². The molecule has 0 N–H and O–H groups in total. The Balaban J connectivity index is 1.77. The van der Waals surface area contributed by atoms with Gasteiger partial charge >= 0.3 is 0 Å². The number of rotatable bonds is 5. The van der Waals surface area contributed by atoms with E-state index >= 15 is 0 Å². The van der Waals surface area contributed by atoms with Crippen LogP contribution < -0.4 is 9.64 Å². The Morgan fingerprint density at radius 1 is 0.967 bits per heavy atom. The Morgan fingerprint density at radius 2 is 1.63 bits per heavy atom. The SMILES string of the molecule is COc1ccc(N2CC[C@@](C)(C(=Nc3ccccc3)c3ccccc3C)C2=O)cc1. The number of ether oxygens (including phenoxy) is 1. The van der Waals surface area contributed by atoms with Crippen LogP contribution in [-0.4, -0.2) is 25.3 Å². The van der Waals surface area contributed by atoms with Crippen LogP contribution in [-0.2, 0) is 4.79 Å². The number of hydrogen-bond donors (Lipinski definition) is 0. The number of nitrogens with zero attached hydrogens (tertiary/aromatic N) is 2. The summed E-state index contributed by atoms with van der Waals surface area (Å²) in [5.41, 5.74) is 3.99. The highest BCUT2D eigenvalue weighted by Crippen LogP contribution is 2.40. The van der Waals surface area contributed by atoms with Gasteiger partial charge in [-0.25, -0.2) is 0 Å². The van der Waals surface area contributed by atoms with Crippen molar-refractivity contribution >= 4 is 23.0 Å². The summed E-state index contributed by atoms with van der Waals surface area (Å²) >= 11 is 0. The molecule has 4 nitrogen and oxygen atoms in total. The first kappa shape index (κ1) is 19.9. The Hall–Kier alpha value is -3.40. The minimum Gasteiger partial charge on any atom is -0.497 e. The molecule has 0 bridgehead atoms. The van der Waals surface area contributed by atoms with Gasteiger partial charge in [0.1, 0.15) is 5.75 Å². The van der Waals surface area contributed by atoms with E-state index in [0.29, 0.717) is 13.0 Å².